The van der Waals surface area contributed by atoms with Gasteiger partial charge in [0.2, 0.25) is 0 Å². The maximum absolute atomic E-state index is 14.5. The van der Waals surface area contributed by atoms with Crippen molar-refractivity contribution in [1.82, 2.24) is 4.98 Å². The largest absolute Gasteiger partial charge is 0.490 e. The molecule has 0 aliphatic rings. The summed E-state index contributed by atoms with van der Waals surface area (Å²) >= 11 is 0. The number of allylic oxidation sites excluding steroid dienone is 1. The van der Waals surface area contributed by atoms with E-state index < -0.39 is 11.7 Å². The number of unbranched alkanes of at least 4 members (excludes halogenated alkanes) is 1. The number of benzene rings is 2. The third kappa shape index (κ3) is 4.06. The molecule has 0 spiro atoms. The second kappa shape index (κ2) is 8.25. The van der Waals surface area contributed by atoms with Crippen molar-refractivity contribution in [3.63, 3.8) is 0 Å². The molecule has 5 heteroatoms. The van der Waals surface area contributed by atoms with E-state index >= 15 is 0 Å². The number of aromatic nitrogens is 1. The third-order valence-corrected chi connectivity index (χ3v) is 3.89. The Morgan fingerprint density at radius 2 is 2.12 bits per heavy atom. The molecule has 3 rings (SSSR count). The number of halogens is 1. The van der Waals surface area contributed by atoms with E-state index in [0.29, 0.717) is 12.2 Å². The molecule has 0 saturated carbocycles. The highest BCUT2D eigenvalue weighted by Gasteiger charge is 2.13. The molecular formula is C21H19FN2O2. The van der Waals surface area contributed by atoms with E-state index in [0.717, 1.165) is 23.7 Å². The number of amides is 1. The van der Waals surface area contributed by atoms with Crippen LogP contribution in [0.15, 0.2) is 67.4 Å². The average molecular weight is 350 g/mol. The van der Waals surface area contributed by atoms with Crippen LogP contribution in [0.2, 0.25) is 0 Å². The number of hydrogen-bond donors (Lipinski definition) is 1. The molecule has 1 N–H and O–H groups in total. The summed E-state index contributed by atoms with van der Waals surface area (Å²) < 4.78 is 20.0. The van der Waals surface area contributed by atoms with Crippen LogP contribution in [0.3, 0.4) is 0 Å². The van der Waals surface area contributed by atoms with Crippen molar-refractivity contribution in [2.45, 2.75) is 12.8 Å². The minimum atomic E-state index is -0.582. The molecule has 0 fully saturated rings. The molecule has 0 unspecified atom stereocenters. The first kappa shape index (κ1) is 17.6. The van der Waals surface area contributed by atoms with E-state index in [1.54, 1.807) is 48.7 Å². The highest BCUT2D eigenvalue weighted by Crippen LogP contribution is 2.25. The van der Waals surface area contributed by atoms with E-state index in [1.807, 2.05) is 6.07 Å². The molecule has 4 nitrogen and oxygen atoms in total. The Hall–Kier alpha value is -3.21. The van der Waals surface area contributed by atoms with Gasteiger partial charge in [-0.2, -0.15) is 0 Å². The van der Waals surface area contributed by atoms with Gasteiger partial charge < -0.3 is 10.1 Å². The third-order valence-electron chi connectivity index (χ3n) is 3.89. The lowest BCUT2D eigenvalue weighted by molar-refractivity contribution is 0.102. The zero-order valence-electron chi connectivity index (χ0n) is 14.2. The Kier molecular flexibility index (Phi) is 5.59. The summed E-state index contributed by atoms with van der Waals surface area (Å²) in [4.78, 5) is 16.7. The highest BCUT2D eigenvalue weighted by molar-refractivity contribution is 6.06. The van der Waals surface area contributed by atoms with Crippen LogP contribution in [0.1, 0.15) is 23.2 Å². The molecule has 2 aromatic carbocycles. The predicted octanol–water partition coefficient (Wildman–Crippen LogP) is 4.97. The van der Waals surface area contributed by atoms with E-state index in [1.165, 1.54) is 6.07 Å². The molecular weight excluding hydrogens is 331 g/mol. The normalized spacial score (nSPS) is 10.5. The molecule has 0 bridgehead atoms. The molecule has 132 valence electrons. The second-order valence-electron chi connectivity index (χ2n) is 5.76. The van der Waals surface area contributed by atoms with Crippen molar-refractivity contribution >= 4 is 22.5 Å². The fourth-order valence-electron chi connectivity index (χ4n) is 2.54. The van der Waals surface area contributed by atoms with Gasteiger partial charge in [0.1, 0.15) is 0 Å². The van der Waals surface area contributed by atoms with E-state index in [-0.39, 0.29) is 11.4 Å². The summed E-state index contributed by atoms with van der Waals surface area (Å²) in [5.74, 6) is -0.852. The maximum Gasteiger partial charge on any atom is 0.255 e. The first-order valence-electron chi connectivity index (χ1n) is 8.37. The van der Waals surface area contributed by atoms with Gasteiger partial charge in [0.05, 0.1) is 17.8 Å². The smallest absolute Gasteiger partial charge is 0.255 e. The van der Waals surface area contributed by atoms with Crippen LogP contribution < -0.4 is 10.1 Å². The fraction of sp³-hybridized carbons (Fsp3) is 0.143. The Labute approximate surface area is 151 Å². The van der Waals surface area contributed by atoms with Crippen LogP contribution in [0, 0.1) is 5.82 Å². The number of hydrogen-bond acceptors (Lipinski definition) is 3. The van der Waals surface area contributed by atoms with Crippen LogP contribution in [-0.4, -0.2) is 17.5 Å². The lowest BCUT2D eigenvalue weighted by atomic mass is 10.1. The monoisotopic (exact) mass is 350 g/mol. The first-order chi connectivity index (χ1) is 12.7. The topological polar surface area (TPSA) is 51.2 Å². The van der Waals surface area contributed by atoms with Crippen molar-refractivity contribution in [3.05, 3.63) is 78.8 Å². The molecule has 1 amide bonds. The molecule has 0 aliphatic heterocycles. The zero-order chi connectivity index (χ0) is 18.4. The molecule has 1 aromatic heterocycles. The maximum atomic E-state index is 14.5. The van der Waals surface area contributed by atoms with Crippen molar-refractivity contribution in [2.75, 3.05) is 11.9 Å². The molecule has 26 heavy (non-hydrogen) atoms. The number of rotatable bonds is 7. The van der Waals surface area contributed by atoms with Gasteiger partial charge in [0, 0.05) is 17.1 Å². The van der Waals surface area contributed by atoms with Gasteiger partial charge in [0.25, 0.3) is 5.91 Å². The molecule has 3 aromatic rings. The van der Waals surface area contributed by atoms with Crippen LogP contribution in [0.5, 0.6) is 5.75 Å². The molecule has 0 saturated heterocycles. The molecule has 1 heterocycles. The summed E-state index contributed by atoms with van der Waals surface area (Å²) in [6.07, 6.45) is 5.03. The predicted molar refractivity (Wildman–Crippen MR) is 101 cm³/mol. The number of ether oxygens (including phenoxy) is 1. The SMILES string of the molecule is C=CCCCOc1cccc(NC(=O)c2ccc3ncccc3c2)c1F. The van der Waals surface area contributed by atoms with Gasteiger partial charge in [-0.3, -0.25) is 9.78 Å². The van der Waals surface area contributed by atoms with Gasteiger partial charge in [-0.05, 0) is 49.2 Å². The molecule has 0 radical (unpaired) electrons. The summed E-state index contributed by atoms with van der Waals surface area (Å²) in [6, 6.07) is 13.5. The van der Waals surface area contributed by atoms with Gasteiger partial charge in [-0.15, -0.1) is 6.58 Å². The van der Waals surface area contributed by atoms with Crippen molar-refractivity contribution in [2.24, 2.45) is 0 Å². The lowest BCUT2D eigenvalue weighted by Crippen LogP contribution is -2.13. The van der Waals surface area contributed by atoms with Crippen molar-refractivity contribution < 1.29 is 13.9 Å². The number of carbonyl (C=O) groups excluding carboxylic acids is 1. The first-order valence-corrected chi connectivity index (χ1v) is 8.37. The van der Waals surface area contributed by atoms with E-state index in [4.69, 9.17) is 4.74 Å². The fourth-order valence-corrected chi connectivity index (χ4v) is 2.54. The van der Waals surface area contributed by atoms with Crippen LogP contribution in [0.4, 0.5) is 10.1 Å². The van der Waals surface area contributed by atoms with E-state index in [9.17, 15) is 9.18 Å². The highest BCUT2D eigenvalue weighted by atomic mass is 19.1. The number of carbonyl (C=O) groups is 1. The van der Waals surface area contributed by atoms with Gasteiger partial charge >= 0.3 is 0 Å². The van der Waals surface area contributed by atoms with Crippen LogP contribution in [0.25, 0.3) is 10.9 Å². The number of nitrogens with one attached hydrogen (secondary N) is 1. The number of nitrogens with zero attached hydrogens (tertiary/aromatic N) is 1. The second-order valence-corrected chi connectivity index (χ2v) is 5.76. The van der Waals surface area contributed by atoms with Gasteiger partial charge in [0.15, 0.2) is 11.6 Å². The summed E-state index contributed by atoms with van der Waals surface area (Å²) in [5, 5.41) is 3.45. The lowest BCUT2D eigenvalue weighted by Gasteiger charge is -2.11. The average Bonchev–Trinajstić information content (AvgIpc) is 2.67. The summed E-state index contributed by atoms with van der Waals surface area (Å²) in [7, 11) is 0. The summed E-state index contributed by atoms with van der Waals surface area (Å²) in [6.45, 7) is 4.02. The molecule has 0 atom stereocenters. The number of pyridine rings is 1. The quantitative estimate of drug-likeness (QED) is 0.483. The minimum Gasteiger partial charge on any atom is -0.490 e. The Morgan fingerprint density at radius 1 is 1.23 bits per heavy atom. The van der Waals surface area contributed by atoms with Crippen molar-refractivity contribution in [3.8, 4) is 5.75 Å². The number of anilines is 1. The van der Waals surface area contributed by atoms with Crippen LogP contribution >= 0.6 is 0 Å². The standard InChI is InChI=1S/C21H19FN2O2/c1-2-3-4-13-26-19-9-5-8-18(20(19)22)24-21(25)16-10-11-17-15(14-16)7-6-12-23-17/h2,5-12,14H,1,3-4,13H2,(H,24,25). The van der Waals surface area contributed by atoms with E-state index in [2.05, 4.69) is 16.9 Å². The van der Waals surface area contributed by atoms with Gasteiger partial charge in [-0.25, -0.2) is 4.39 Å². The summed E-state index contributed by atoms with van der Waals surface area (Å²) in [5.41, 5.74) is 1.31. The van der Waals surface area contributed by atoms with Crippen LogP contribution in [-0.2, 0) is 0 Å². The Balaban J connectivity index is 1.74. The van der Waals surface area contributed by atoms with Gasteiger partial charge in [-0.1, -0.05) is 18.2 Å². The van der Waals surface area contributed by atoms with Crippen molar-refractivity contribution in [1.29, 1.82) is 0 Å². The Bertz CT molecular complexity index is 940. The minimum absolute atomic E-state index is 0.0857. The Morgan fingerprint density at radius 3 is 2.96 bits per heavy atom. The zero-order valence-corrected chi connectivity index (χ0v) is 14.2. The number of fused-ring (bicyclic) bond motifs is 1. The molecule has 0 aliphatic carbocycles.